The molecule has 3 heteroatoms. The molecule has 1 aliphatic rings. The maximum atomic E-state index is 9.20. The molecule has 0 amide bonds. The number of anilines is 1. The van der Waals surface area contributed by atoms with Gasteiger partial charge in [0, 0.05) is 31.9 Å². The highest BCUT2D eigenvalue weighted by atomic mass is 16.3. The predicted octanol–water partition coefficient (Wildman–Crippen LogP) is 2.31. The van der Waals surface area contributed by atoms with Crippen molar-refractivity contribution in [1.29, 1.82) is 0 Å². The third kappa shape index (κ3) is 3.71. The van der Waals surface area contributed by atoms with E-state index in [-0.39, 0.29) is 0 Å². The lowest BCUT2D eigenvalue weighted by molar-refractivity contribution is 0.203. The van der Waals surface area contributed by atoms with E-state index in [1.54, 1.807) is 0 Å². The van der Waals surface area contributed by atoms with Crippen molar-refractivity contribution in [3.05, 3.63) is 29.3 Å². The molecule has 1 aromatic carbocycles. The summed E-state index contributed by atoms with van der Waals surface area (Å²) in [4.78, 5) is 2.46. The third-order valence-electron chi connectivity index (χ3n) is 4.05. The van der Waals surface area contributed by atoms with Crippen molar-refractivity contribution in [2.75, 3.05) is 31.1 Å². The molecule has 1 aromatic rings. The first-order chi connectivity index (χ1) is 9.24. The molecule has 0 saturated carbocycles. The Morgan fingerprint density at radius 3 is 2.63 bits per heavy atom. The second-order valence-corrected chi connectivity index (χ2v) is 5.51. The zero-order chi connectivity index (χ0) is 13.7. The van der Waals surface area contributed by atoms with E-state index in [2.05, 4.69) is 42.3 Å². The fourth-order valence-electron chi connectivity index (χ4n) is 2.81. The van der Waals surface area contributed by atoms with Gasteiger partial charge in [0.1, 0.15) is 0 Å². The molecule has 0 bridgehead atoms. The van der Waals surface area contributed by atoms with E-state index >= 15 is 0 Å². The maximum Gasteiger partial charge on any atom is 0.0460 e. The predicted molar refractivity (Wildman–Crippen MR) is 80.6 cm³/mol. The Morgan fingerprint density at radius 1 is 1.32 bits per heavy atom. The Morgan fingerprint density at radius 2 is 2.05 bits per heavy atom. The van der Waals surface area contributed by atoms with Gasteiger partial charge >= 0.3 is 0 Å². The van der Waals surface area contributed by atoms with Crippen LogP contribution in [-0.2, 0) is 6.54 Å². The van der Waals surface area contributed by atoms with Gasteiger partial charge in [0.15, 0.2) is 0 Å². The van der Waals surface area contributed by atoms with Crippen LogP contribution in [0.25, 0.3) is 0 Å². The van der Waals surface area contributed by atoms with Crippen molar-refractivity contribution in [1.82, 2.24) is 5.32 Å². The number of nitrogens with one attached hydrogen (secondary N) is 1. The minimum Gasteiger partial charge on any atom is -0.396 e. The van der Waals surface area contributed by atoms with Crippen molar-refractivity contribution < 1.29 is 5.11 Å². The molecule has 3 nitrogen and oxygen atoms in total. The fraction of sp³-hybridized carbons (Fsp3) is 0.625. The normalized spacial score (nSPS) is 16.9. The van der Waals surface area contributed by atoms with Gasteiger partial charge in [0.05, 0.1) is 0 Å². The van der Waals surface area contributed by atoms with Crippen LogP contribution >= 0.6 is 0 Å². The summed E-state index contributed by atoms with van der Waals surface area (Å²) in [6.45, 7) is 8.76. The fourth-order valence-corrected chi connectivity index (χ4v) is 2.81. The first-order valence-corrected chi connectivity index (χ1v) is 7.40. The molecule has 0 radical (unpaired) electrons. The number of aliphatic hydroxyl groups is 1. The highest BCUT2D eigenvalue weighted by Gasteiger charge is 2.19. The molecule has 0 spiro atoms. The van der Waals surface area contributed by atoms with Crippen LogP contribution in [0, 0.1) is 12.8 Å². The number of benzene rings is 1. The van der Waals surface area contributed by atoms with Crippen LogP contribution in [0.15, 0.2) is 18.2 Å². The topological polar surface area (TPSA) is 35.5 Å². The molecule has 0 aromatic heterocycles. The first kappa shape index (κ1) is 14.4. The number of piperidine rings is 1. The molecule has 106 valence electrons. The number of rotatable bonds is 5. The largest absolute Gasteiger partial charge is 0.396 e. The van der Waals surface area contributed by atoms with E-state index in [0.29, 0.717) is 12.5 Å². The van der Waals surface area contributed by atoms with Gasteiger partial charge in [-0.1, -0.05) is 19.1 Å². The van der Waals surface area contributed by atoms with Crippen molar-refractivity contribution >= 4 is 5.69 Å². The van der Waals surface area contributed by atoms with E-state index < -0.39 is 0 Å². The summed E-state index contributed by atoms with van der Waals surface area (Å²) in [5.74, 6) is 0.504. The lowest BCUT2D eigenvalue weighted by Gasteiger charge is -2.34. The SMILES string of the molecule is CCNCc1ccc(N2CCC(CO)CC2)c(C)c1. The van der Waals surface area contributed by atoms with Gasteiger partial charge in [0.25, 0.3) is 0 Å². The Balaban J connectivity index is 2.01. The summed E-state index contributed by atoms with van der Waals surface area (Å²) in [5.41, 5.74) is 4.07. The minimum atomic E-state index is 0.342. The Labute approximate surface area is 116 Å². The van der Waals surface area contributed by atoms with Gasteiger partial charge in [-0.2, -0.15) is 0 Å². The van der Waals surface area contributed by atoms with Crippen LogP contribution in [0.1, 0.15) is 30.9 Å². The summed E-state index contributed by atoms with van der Waals surface area (Å²) in [7, 11) is 0. The molecule has 0 aliphatic carbocycles. The van der Waals surface area contributed by atoms with E-state index in [0.717, 1.165) is 39.0 Å². The molecule has 19 heavy (non-hydrogen) atoms. The first-order valence-electron chi connectivity index (χ1n) is 7.40. The van der Waals surface area contributed by atoms with Gasteiger partial charge < -0.3 is 15.3 Å². The number of nitrogens with zero attached hydrogens (tertiary/aromatic N) is 1. The molecule has 0 atom stereocenters. The molecular formula is C16H26N2O. The van der Waals surface area contributed by atoms with Crippen molar-refractivity contribution in [3.63, 3.8) is 0 Å². The highest BCUT2D eigenvalue weighted by Crippen LogP contribution is 2.26. The Kier molecular flexibility index (Phi) is 5.23. The van der Waals surface area contributed by atoms with Crippen molar-refractivity contribution in [2.24, 2.45) is 5.92 Å². The average Bonchev–Trinajstić information content (AvgIpc) is 2.45. The molecule has 1 fully saturated rings. The zero-order valence-corrected chi connectivity index (χ0v) is 12.2. The number of aryl methyl sites for hydroxylation is 1. The van der Waals surface area contributed by atoms with Crippen LogP contribution in [0.3, 0.4) is 0 Å². The van der Waals surface area contributed by atoms with Crippen LogP contribution < -0.4 is 10.2 Å². The quantitative estimate of drug-likeness (QED) is 0.855. The molecule has 1 aliphatic heterocycles. The maximum absolute atomic E-state index is 9.20. The molecular weight excluding hydrogens is 236 g/mol. The summed E-state index contributed by atoms with van der Waals surface area (Å²) in [6.07, 6.45) is 2.21. The monoisotopic (exact) mass is 262 g/mol. The smallest absolute Gasteiger partial charge is 0.0460 e. The number of hydrogen-bond acceptors (Lipinski definition) is 3. The Bertz CT molecular complexity index is 398. The minimum absolute atomic E-state index is 0.342. The lowest BCUT2D eigenvalue weighted by atomic mass is 9.96. The molecule has 0 unspecified atom stereocenters. The van der Waals surface area contributed by atoms with Crippen molar-refractivity contribution in [3.8, 4) is 0 Å². The molecule has 2 rings (SSSR count). The molecule has 1 heterocycles. The van der Waals surface area contributed by atoms with E-state index in [1.165, 1.54) is 16.8 Å². The summed E-state index contributed by atoms with van der Waals surface area (Å²) < 4.78 is 0. The third-order valence-corrected chi connectivity index (χ3v) is 4.05. The standard InChI is InChI=1S/C16H26N2O/c1-3-17-11-15-4-5-16(13(2)10-15)18-8-6-14(12-19)7-9-18/h4-5,10,14,17,19H,3,6-9,11-12H2,1-2H3. The zero-order valence-electron chi connectivity index (χ0n) is 12.2. The van der Waals surface area contributed by atoms with Gasteiger partial charge in [-0.25, -0.2) is 0 Å². The molecule has 2 N–H and O–H groups in total. The summed E-state index contributed by atoms with van der Waals surface area (Å²) in [6, 6.07) is 6.76. The molecule has 1 saturated heterocycles. The van der Waals surface area contributed by atoms with Gasteiger partial charge in [0.2, 0.25) is 0 Å². The highest BCUT2D eigenvalue weighted by molar-refractivity contribution is 5.54. The average molecular weight is 262 g/mol. The van der Waals surface area contributed by atoms with Crippen LogP contribution in [0.2, 0.25) is 0 Å². The number of aliphatic hydroxyl groups excluding tert-OH is 1. The second kappa shape index (κ2) is 6.92. The van der Waals surface area contributed by atoms with Gasteiger partial charge in [-0.05, 0) is 49.4 Å². The van der Waals surface area contributed by atoms with Crippen LogP contribution in [0.4, 0.5) is 5.69 Å². The summed E-state index contributed by atoms with van der Waals surface area (Å²) >= 11 is 0. The van der Waals surface area contributed by atoms with Crippen LogP contribution in [-0.4, -0.2) is 31.3 Å². The van der Waals surface area contributed by atoms with E-state index in [1.807, 2.05) is 0 Å². The lowest BCUT2D eigenvalue weighted by Crippen LogP contribution is -2.35. The summed E-state index contributed by atoms with van der Waals surface area (Å²) in [5, 5.41) is 12.6. The van der Waals surface area contributed by atoms with Crippen molar-refractivity contribution in [2.45, 2.75) is 33.2 Å². The Hall–Kier alpha value is -1.06. The van der Waals surface area contributed by atoms with Gasteiger partial charge in [-0.15, -0.1) is 0 Å². The second-order valence-electron chi connectivity index (χ2n) is 5.51. The van der Waals surface area contributed by atoms with Gasteiger partial charge in [-0.3, -0.25) is 0 Å². The van der Waals surface area contributed by atoms with E-state index in [9.17, 15) is 5.11 Å². The van der Waals surface area contributed by atoms with E-state index in [4.69, 9.17) is 0 Å². The number of hydrogen-bond donors (Lipinski definition) is 2. The van der Waals surface area contributed by atoms with Crippen LogP contribution in [0.5, 0.6) is 0 Å².